The van der Waals surface area contributed by atoms with Crippen LogP contribution in [0.25, 0.3) is 0 Å². The molecule has 1 atom stereocenters. The summed E-state index contributed by atoms with van der Waals surface area (Å²) in [6.45, 7) is 2.27. The van der Waals surface area contributed by atoms with Gasteiger partial charge >= 0.3 is 6.09 Å². The second-order valence-corrected chi connectivity index (χ2v) is 4.39. The minimum absolute atomic E-state index is 0.0965. The monoisotopic (exact) mass is 247 g/mol. The summed E-state index contributed by atoms with van der Waals surface area (Å²) in [5.74, 6) is -0.145. The molecule has 0 radical (unpaired) electrons. The summed E-state index contributed by atoms with van der Waals surface area (Å²) in [5, 5.41) is 0. The van der Waals surface area contributed by atoms with Crippen LogP contribution >= 0.6 is 0 Å². The lowest BCUT2D eigenvalue weighted by Crippen LogP contribution is -2.38. The summed E-state index contributed by atoms with van der Waals surface area (Å²) < 4.78 is 4.91. The second kappa shape index (κ2) is 5.67. The van der Waals surface area contributed by atoms with Gasteiger partial charge in [-0.15, -0.1) is 0 Å². The van der Waals surface area contributed by atoms with Crippen LogP contribution < -0.4 is 0 Å². The number of carbonyl (C=O) groups is 2. The van der Waals surface area contributed by atoms with Crippen LogP contribution in [-0.4, -0.2) is 29.5 Å². The van der Waals surface area contributed by atoms with E-state index in [2.05, 4.69) is 0 Å². The molecule has 1 aliphatic rings. The van der Waals surface area contributed by atoms with Crippen LogP contribution in [0.15, 0.2) is 30.3 Å². The normalized spacial score (nSPS) is 18.8. The molecule has 0 aliphatic carbocycles. The molecule has 0 aromatic heterocycles. The van der Waals surface area contributed by atoms with Gasteiger partial charge in [-0.05, 0) is 18.4 Å². The number of hydrogen-bond acceptors (Lipinski definition) is 3. The molecule has 0 unspecified atom stereocenters. The number of aryl methyl sites for hydroxylation is 1. The SMILES string of the molecule is CC[C@@H]1COC(=O)N1C(=O)CCc1ccccc1. The number of imide groups is 1. The van der Waals surface area contributed by atoms with Gasteiger partial charge in [-0.3, -0.25) is 4.79 Å². The van der Waals surface area contributed by atoms with E-state index in [-0.39, 0.29) is 11.9 Å². The van der Waals surface area contributed by atoms with E-state index in [1.807, 2.05) is 37.3 Å². The van der Waals surface area contributed by atoms with Gasteiger partial charge in [0.2, 0.25) is 5.91 Å². The number of ether oxygens (including phenoxy) is 1. The first-order valence-electron chi connectivity index (χ1n) is 6.25. The van der Waals surface area contributed by atoms with Gasteiger partial charge in [0, 0.05) is 6.42 Å². The molecule has 2 rings (SSSR count). The van der Waals surface area contributed by atoms with E-state index < -0.39 is 6.09 Å². The summed E-state index contributed by atoms with van der Waals surface area (Å²) in [6, 6.07) is 9.69. The standard InChI is InChI=1S/C14H17NO3/c1-2-12-10-18-14(17)15(12)13(16)9-8-11-6-4-3-5-7-11/h3-7,12H,2,8-10H2,1H3/t12-/m1/s1. The Morgan fingerprint density at radius 3 is 2.78 bits per heavy atom. The summed E-state index contributed by atoms with van der Waals surface area (Å²) in [7, 11) is 0. The number of carbonyl (C=O) groups excluding carboxylic acids is 2. The molecular formula is C14H17NO3. The maximum atomic E-state index is 12.0. The van der Waals surface area contributed by atoms with Crippen molar-refractivity contribution in [3.63, 3.8) is 0 Å². The lowest BCUT2D eigenvalue weighted by molar-refractivity contribution is -0.129. The Morgan fingerprint density at radius 2 is 2.11 bits per heavy atom. The van der Waals surface area contributed by atoms with Gasteiger partial charge in [0.25, 0.3) is 0 Å². The summed E-state index contributed by atoms with van der Waals surface area (Å²) in [6.07, 6.45) is 1.23. The quantitative estimate of drug-likeness (QED) is 0.820. The molecule has 1 fully saturated rings. The molecular weight excluding hydrogens is 230 g/mol. The van der Waals surface area contributed by atoms with Crippen LogP contribution in [0.5, 0.6) is 0 Å². The van der Waals surface area contributed by atoms with Crippen molar-refractivity contribution in [3.05, 3.63) is 35.9 Å². The smallest absolute Gasteiger partial charge is 0.416 e. The number of cyclic esters (lactones) is 1. The maximum absolute atomic E-state index is 12.0. The third-order valence-corrected chi connectivity index (χ3v) is 3.17. The third kappa shape index (κ3) is 2.70. The van der Waals surface area contributed by atoms with E-state index in [0.717, 1.165) is 12.0 Å². The lowest BCUT2D eigenvalue weighted by Gasteiger charge is -2.17. The first kappa shape index (κ1) is 12.6. The van der Waals surface area contributed by atoms with Gasteiger partial charge in [0.1, 0.15) is 6.61 Å². The van der Waals surface area contributed by atoms with Crippen molar-refractivity contribution in [1.82, 2.24) is 4.90 Å². The first-order valence-corrected chi connectivity index (χ1v) is 6.25. The van der Waals surface area contributed by atoms with Crippen molar-refractivity contribution in [2.24, 2.45) is 0 Å². The zero-order valence-electron chi connectivity index (χ0n) is 10.5. The van der Waals surface area contributed by atoms with Crippen molar-refractivity contribution >= 4 is 12.0 Å². The van der Waals surface area contributed by atoms with Crippen molar-refractivity contribution in [2.45, 2.75) is 32.2 Å². The summed E-state index contributed by atoms with van der Waals surface area (Å²) in [5.41, 5.74) is 1.10. The fraction of sp³-hybridized carbons (Fsp3) is 0.429. The van der Waals surface area contributed by atoms with Crippen LogP contribution in [0.4, 0.5) is 4.79 Å². The number of benzene rings is 1. The van der Waals surface area contributed by atoms with E-state index in [4.69, 9.17) is 4.74 Å². The fourth-order valence-electron chi connectivity index (χ4n) is 2.08. The van der Waals surface area contributed by atoms with Crippen LogP contribution in [0, 0.1) is 0 Å². The summed E-state index contributed by atoms with van der Waals surface area (Å²) >= 11 is 0. The number of nitrogens with zero attached hydrogens (tertiary/aromatic N) is 1. The minimum atomic E-state index is -0.500. The van der Waals surface area contributed by atoms with E-state index >= 15 is 0 Å². The first-order chi connectivity index (χ1) is 8.72. The highest BCUT2D eigenvalue weighted by Crippen LogP contribution is 2.17. The molecule has 96 valence electrons. The molecule has 4 nitrogen and oxygen atoms in total. The average Bonchev–Trinajstić information content (AvgIpc) is 2.78. The summed E-state index contributed by atoms with van der Waals surface area (Å²) in [4.78, 5) is 24.8. The zero-order valence-corrected chi connectivity index (χ0v) is 10.5. The second-order valence-electron chi connectivity index (χ2n) is 4.39. The Kier molecular flexibility index (Phi) is 3.97. The van der Waals surface area contributed by atoms with Crippen LogP contribution in [-0.2, 0) is 16.0 Å². The van der Waals surface area contributed by atoms with Gasteiger partial charge in [0.05, 0.1) is 6.04 Å². The van der Waals surface area contributed by atoms with Crippen molar-refractivity contribution in [1.29, 1.82) is 0 Å². The Hall–Kier alpha value is -1.84. The molecule has 4 heteroatoms. The van der Waals surface area contributed by atoms with E-state index in [1.165, 1.54) is 4.90 Å². The molecule has 0 bridgehead atoms. The number of rotatable bonds is 4. The fourth-order valence-corrected chi connectivity index (χ4v) is 2.08. The topological polar surface area (TPSA) is 46.6 Å². The van der Waals surface area contributed by atoms with E-state index in [1.54, 1.807) is 0 Å². The number of hydrogen-bond donors (Lipinski definition) is 0. The molecule has 0 saturated carbocycles. The highest BCUT2D eigenvalue weighted by atomic mass is 16.6. The Morgan fingerprint density at radius 1 is 1.39 bits per heavy atom. The molecule has 1 aliphatic heterocycles. The zero-order chi connectivity index (χ0) is 13.0. The van der Waals surface area contributed by atoms with E-state index in [9.17, 15) is 9.59 Å². The van der Waals surface area contributed by atoms with Gasteiger partial charge < -0.3 is 4.74 Å². The van der Waals surface area contributed by atoms with Crippen molar-refractivity contribution in [2.75, 3.05) is 6.61 Å². The molecule has 1 heterocycles. The molecule has 18 heavy (non-hydrogen) atoms. The lowest BCUT2D eigenvalue weighted by atomic mass is 10.1. The molecule has 0 N–H and O–H groups in total. The highest BCUT2D eigenvalue weighted by Gasteiger charge is 2.36. The van der Waals surface area contributed by atoms with Crippen LogP contribution in [0.3, 0.4) is 0 Å². The van der Waals surface area contributed by atoms with E-state index in [0.29, 0.717) is 19.4 Å². The molecule has 2 amide bonds. The highest BCUT2D eigenvalue weighted by molar-refractivity contribution is 5.93. The minimum Gasteiger partial charge on any atom is -0.447 e. The molecule has 1 aromatic carbocycles. The molecule has 1 saturated heterocycles. The third-order valence-electron chi connectivity index (χ3n) is 3.17. The van der Waals surface area contributed by atoms with Crippen molar-refractivity contribution < 1.29 is 14.3 Å². The van der Waals surface area contributed by atoms with Crippen LogP contribution in [0.1, 0.15) is 25.3 Å². The van der Waals surface area contributed by atoms with Gasteiger partial charge in [-0.2, -0.15) is 0 Å². The maximum Gasteiger partial charge on any atom is 0.416 e. The Labute approximate surface area is 107 Å². The van der Waals surface area contributed by atoms with Crippen molar-refractivity contribution in [3.8, 4) is 0 Å². The Balaban J connectivity index is 1.93. The average molecular weight is 247 g/mol. The molecule has 0 spiro atoms. The van der Waals surface area contributed by atoms with Gasteiger partial charge in [-0.25, -0.2) is 9.69 Å². The predicted molar refractivity (Wildman–Crippen MR) is 67.0 cm³/mol. The largest absolute Gasteiger partial charge is 0.447 e. The Bertz CT molecular complexity index is 430. The van der Waals surface area contributed by atoms with Gasteiger partial charge in [0.15, 0.2) is 0 Å². The number of amides is 2. The predicted octanol–water partition coefficient (Wildman–Crippen LogP) is 2.38. The van der Waals surface area contributed by atoms with Crippen LogP contribution in [0.2, 0.25) is 0 Å². The molecule has 1 aromatic rings. The van der Waals surface area contributed by atoms with Gasteiger partial charge in [-0.1, -0.05) is 37.3 Å².